The van der Waals surface area contributed by atoms with Crippen LogP contribution in [0.1, 0.15) is 18.1 Å². The Balaban J connectivity index is 1.52. The van der Waals surface area contributed by atoms with Gasteiger partial charge in [-0.25, -0.2) is 5.43 Å². The number of amides is 1. The molecule has 0 unspecified atom stereocenters. The van der Waals surface area contributed by atoms with E-state index in [4.69, 9.17) is 11.6 Å². The summed E-state index contributed by atoms with van der Waals surface area (Å²) in [4.78, 5) is 23.0. The maximum Gasteiger partial charge on any atom is 0.270 e. The Kier molecular flexibility index (Phi) is 7.77. The molecule has 4 rings (SSSR count). The number of non-ortho nitro benzene ring substituents is 1. The number of hydrogen-bond acceptors (Lipinski definition) is 7. The molecule has 0 radical (unpaired) electrons. The number of nitrogens with zero attached hydrogens (tertiary/aromatic N) is 5. The van der Waals surface area contributed by atoms with Gasteiger partial charge in [-0.2, -0.15) is 5.10 Å². The quantitative estimate of drug-likeness (QED) is 0.143. The lowest BCUT2D eigenvalue weighted by molar-refractivity contribution is -0.384. The van der Waals surface area contributed by atoms with E-state index in [0.29, 0.717) is 27.3 Å². The topological polar surface area (TPSA) is 115 Å². The zero-order valence-electron chi connectivity index (χ0n) is 19.4. The van der Waals surface area contributed by atoms with Gasteiger partial charge in [-0.3, -0.25) is 19.5 Å². The van der Waals surface area contributed by atoms with E-state index in [1.165, 1.54) is 23.9 Å². The summed E-state index contributed by atoms with van der Waals surface area (Å²) < 4.78 is 1.89. The van der Waals surface area contributed by atoms with Crippen LogP contribution in [0.5, 0.6) is 0 Å². The number of hydrogen-bond donors (Lipinski definition) is 1. The van der Waals surface area contributed by atoms with E-state index < -0.39 is 4.92 Å². The van der Waals surface area contributed by atoms with E-state index in [1.807, 2.05) is 47.9 Å². The van der Waals surface area contributed by atoms with Crippen LogP contribution in [0, 0.1) is 17.0 Å². The van der Waals surface area contributed by atoms with Gasteiger partial charge in [-0.1, -0.05) is 53.2 Å². The van der Waals surface area contributed by atoms with Crippen molar-refractivity contribution in [1.82, 2.24) is 20.2 Å². The molecule has 3 aromatic carbocycles. The summed E-state index contributed by atoms with van der Waals surface area (Å²) in [7, 11) is 0. The van der Waals surface area contributed by atoms with Crippen molar-refractivity contribution >= 4 is 40.7 Å². The number of nitrogens with one attached hydrogen (secondary N) is 1. The van der Waals surface area contributed by atoms with Gasteiger partial charge in [0.05, 0.1) is 16.4 Å². The van der Waals surface area contributed by atoms with Crippen molar-refractivity contribution in [1.29, 1.82) is 0 Å². The summed E-state index contributed by atoms with van der Waals surface area (Å²) in [6.45, 7) is 3.67. The Hall–Kier alpha value is -4.02. The molecule has 182 valence electrons. The number of rotatable bonds is 8. The Morgan fingerprint density at radius 3 is 2.53 bits per heavy atom. The minimum Gasteiger partial charge on any atom is -0.272 e. The van der Waals surface area contributed by atoms with Crippen LogP contribution in [0.2, 0.25) is 5.02 Å². The number of halogens is 1. The fraction of sp³-hybridized carbons (Fsp3) is 0.120. The van der Waals surface area contributed by atoms with Crippen molar-refractivity contribution in [3.63, 3.8) is 0 Å². The van der Waals surface area contributed by atoms with E-state index in [9.17, 15) is 14.9 Å². The third-order valence-electron chi connectivity index (χ3n) is 5.18. The average Bonchev–Trinajstić information content (AvgIpc) is 3.31. The van der Waals surface area contributed by atoms with Crippen LogP contribution in [0.4, 0.5) is 5.69 Å². The summed E-state index contributed by atoms with van der Waals surface area (Å²) in [5.74, 6) is 0.310. The number of aryl methyl sites for hydroxylation is 1. The number of hydrazone groups is 1. The summed E-state index contributed by atoms with van der Waals surface area (Å²) in [5, 5.41) is 24.9. The molecule has 0 fully saturated rings. The first-order valence-corrected chi connectivity index (χ1v) is 12.2. The monoisotopic (exact) mass is 520 g/mol. The van der Waals surface area contributed by atoms with E-state index in [2.05, 4.69) is 20.7 Å². The van der Waals surface area contributed by atoms with Gasteiger partial charge in [-0.15, -0.1) is 10.2 Å². The molecule has 0 aliphatic rings. The molecule has 0 saturated heterocycles. The Bertz CT molecular complexity index is 1440. The molecule has 1 aromatic heterocycles. The predicted octanol–water partition coefficient (Wildman–Crippen LogP) is 5.44. The molecule has 1 amide bonds. The third-order valence-corrected chi connectivity index (χ3v) is 6.36. The number of nitro benzene ring substituents is 1. The van der Waals surface area contributed by atoms with E-state index in [1.54, 1.807) is 31.2 Å². The van der Waals surface area contributed by atoms with Gasteiger partial charge >= 0.3 is 0 Å². The fourth-order valence-corrected chi connectivity index (χ4v) is 4.16. The number of benzene rings is 3. The predicted molar refractivity (Wildman–Crippen MR) is 141 cm³/mol. The van der Waals surface area contributed by atoms with Crippen molar-refractivity contribution in [2.45, 2.75) is 19.0 Å². The highest BCUT2D eigenvalue weighted by molar-refractivity contribution is 7.99. The third kappa shape index (κ3) is 5.96. The van der Waals surface area contributed by atoms with Crippen molar-refractivity contribution in [2.75, 3.05) is 5.75 Å². The highest BCUT2D eigenvalue weighted by Crippen LogP contribution is 2.29. The zero-order chi connectivity index (χ0) is 25.7. The van der Waals surface area contributed by atoms with Gasteiger partial charge in [0.15, 0.2) is 11.0 Å². The second-order valence-electron chi connectivity index (χ2n) is 7.81. The number of carbonyl (C=O) groups excluding carboxylic acids is 1. The smallest absolute Gasteiger partial charge is 0.270 e. The van der Waals surface area contributed by atoms with Gasteiger partial charge in [0.1, 0.15) is 0 Å². The van der Waals surface area contributed by atoms with Crippen LogP contribution < -0.4 is 5.43 Å². The molecule has 0 saturated carbocycles. The van der Waals surface area contributed by atoms with Gasteiger partial charge in [0.25, 0.3) is 11.6 Å². The molecule has 0 spiro atoms. The van der Waals surface area contributed by atoms with Crippen LogP contribution in [0.25, 0.3) is 17.1 Å². The number of nitro groups is 1. The highest BCUT2D eigenvalue weighted by Gasteiger charge is 2.17. The maximum atomic E-state index is 12.5. The van der Waals surface area contributed by atoms with Crippen LogP contribution in [0.15, 0.2) is 83.1 Å². The van der Waals surface area contributed by atoms with Gasteiger partial charge < -0.3 is 0 Å². The van der Waals surface area contributed by atoms with Gasteiger partial charge in [-0.05, 0) is 50.2 Å². The van der Waals surface area contributed by atoms with Crippen LogP contribution >= 0.6 is 23.4 Å². The summed E-state index contributed by atoms with van der Waals surface area (Å²) in [5.41, 5.74) is 6.26. The average molecular weight is 521 g/mol. The van der Waals surface area contributed by atoms with Crippen molar-refractivity contribution < 1.29 is 9.72 Å². The normalized spacial score (nSPS) is 11.4. The number of carbonyl (C=O) groups is 1. The lowest BCUT2D eigenvalue weighted by atomic mass is 10.1. The van der Waals surface area contributed by atoms with Gasteiger partial charge in [0, 0.05) is 34.0 Å². The molecule has 1 N–H and O–H groups in total. The summed E-state index contributed by atoms with van der Waals surface area (Å²) in [6.07, 6.45) is 0. The molecule has 1 heterocycles. The molecule has 4 aromatic rings. The van der Waals surface area contributed by atoms with E-state index >= 15 is 0 Å². The van der Waals surface area contributed by atoms with Crippen molar-refractivity contribution in [2.24, 2.45) is 5.10 Å². The highest BCUT2D eigenvalue weighted by atomic mass is 35.5. The van der Waals surface area contributed by atoms with Crippen molar-refractivity contribution in [3.05, 3.63) is 99.1 Å². The minimum absolute atomic E-state index is 0.0380. The number of aromatic nitrogens is 3. The first-order chi connectivity index (χ1) is 17.3. The molecule has 0 bridgehead atoms. The molecule has 11 heteroatoms. The van der Waals surface area contributed by atoms with E-state index in [-0.39, 0.29) is 17.3 Å². The Morgan fingerprint density at radius 2 is 1.83 bits per heavy atom. The molecular weight excluding hydrogens is 500 g/mol. The maximum absolute atomic E-state index is 12.5. The lowest BCUT2D eigenvalue weighted by Crippen LogP contribution is -2.21. The Morgan fingerprint density at radius 1 is 1.11 bits per heavy atom. The largest absolute Gasteiger partial charge is 0.272 e. The Labute approximate surface area is 216 Å². The standard InChI is InChI=1S/C25H21ClN6O3S/c1-16-6-12-21(13-7-16)31-24(18-8-10-20(26)11-9-18)29-30-25(31)36-15-23(33)28-27-17(2)19-4-3-5-22(14-19)32(34)35/h3-14H,15H2,1-2H3,(H,28,33)/b27-17+. The molecular formula is C25H21ClN6O3S. The fourth-order valence-electron chi connectivity index (χ4n) is 3.29. The summed E-state index contributed by atoms with van der Waals surface area (Å²) >= 11 is 7.26. The second kappa shape index (κ2) is 11.1. The first-order valence-electron chi connectivity index (χ1n) is 10.8. The van der Waals surface area contributed by atoms with Crippen LogP contribution in [-0.2, 0) is 4.79 Å². The lowest BCUT2D eigenvalue weighted by Gasteiger charge is -2.11. The summed E-state index contributed by atoms with van der Waals surface area (Å²) in [6, 6.07) is 21.3. The first kappa shape index (κ1) is 25.1. The van der Waals surface area contributed by atoms with Crippen molar-refractivity contribution in [3.8, 4) is 17.1 Å². The minimum atomic E-state index is -0.478. The SMILES string of the molecule is C/C(=N\NC(=O)CSc1nnc(-c2ccc(Cl)cc2)n1-c1ccc(C)cc1)c1cccc([N+](=O)[O-])c1. The molecule has 0 aliphatic carbocycles. The second-order valence-corrected chi connectivity index (χ2v) is 9.19. The molecule has 9 nitrogen and oxygen atoms in total. The van der Waals surface area contributed by atoms with E-state index in [0.717, 1.165) is 16.8 Å². The van der Waals surface area contributed by atoms with Crippen LogP contribution in [-0.4, -0.2) is 37.1 Å². The molecule has 36 heavy (non-hydrogen) atoms. The van der Waals surface area contributed by atoms with Crippen LogP contribution in [0.3, 0.4) is 0 Å². The zero-order valence-corrected chi connectivity index (χ0v) is 21.0. The number of thioether (sulfide) groups is 1. The molecule has 0 atom stereocenters. The molecule has 0 aliphatic heterocycles. The van der Waals surface area contributed by atoms with Gasteiger partial charge in [0.2, 0.25) is 0 Å².